The largest absolute Gasteiger partial charge is 0.412 e. The lowest BCUT2D eigenvalue weighted by atomic mass is 9.92. The van der Waals surface area contributed by atoms with Crippen molar-refractivity contribution >= 4 is 0 Å². The van der Waals surface area contributed by atoms with E-state index in [1.807, 2.05) is 0 Å². The summed E-state index contributed by atoms with van der Waals surface area (Å²) in [6.07, 6.45) is -3.59. The van der Waals surface area contributed by atoms with Crippen molar-refractivity contribution in [2.24, 2.45) is 5.73 Å². The summed E-state index contributed by atoms with van der Waals surface area (Å²) < 4.78 is 4.89. The summed E-state index contributed by atoms with van der Waals surface area (Å²) in [6, 6.07) is -1.09. The molecule has 1 rings (SSSR count). The Morgan fingerprint density at radius 2 is 1.86 bits per heavy atom. The molecule has 0 spiro atoms. The monoisotopic (exact) mass is 211 g/mol. The molecule has 8 N–H and O–H groups in total. The molecule has 1 heterocycles. The quantitative estimate of drug-likeness (QED) is 0.301. The van der Waals surface area contributed by atoms with Crippen LogP contribution in [0.15, 0.2) is 0 Å². The van der Waals surface area contributed by atoms with Gasteiger partial charge in [-0.1, -0.05) is 0 Å². The highest BCUT2D eigenvalue weighted by Gasteiger charge is 2.48. The molecule has 1 fully saturated rings. The van der Waals surface area contributed by atoms with E-state index in [0.717, 1.165) is 0 Å². The third-order valence-electron chi connectivity index (χ3n) is 2.29. The summed E-state index contributed by atoms with van der Waals surface area (Å²) in [5.41, 5.74) is 5.40. The van der Waals surface area contributed by atoms with Crippen LogP contribution in [0, 0.1) is 0 Å². The third-order valence-corrected chi connectivity index (χ3v) is 2.29. The van der Waals surface area contributed by atoms with Crippen LogP contribution in [0.25, 0.3) is 0 Å². The Bertz CT molecular complexity index is 185. The molecular weight excluding hydrogens is 194 g/mol. The molecule has 1 aliphatic rings. The summed E-state index contributed by atoms with van der Waals surface area (Å²) in [5.74, 6) is -1.73. The fraction of sp³-hybridized carbons (Fsp3) is 1.00. The Morgan fingerprint density at radius 1 is 1.36 bits per heavy atom. The fourth-order valence-electron chi connectivity index (χ4n) is 1.35. The van der Waals surface area contributed by atoms with Gasteiger partial charge in [0.15, 0.2) is 5.79 Å². The molecule has 0 aromatic heterocycles. The van der Waals surface area contributed by atoms with Gasteiger partial charge in [0, 0.05) is 0 Å². The molecule has 0 saturated carbocycles. The van der Waals surface area contributed by atoms with Crippen LogP contribution in [0.4, 0.5) is 0 Å². The highest BCUT2D eigenvalue weighted by Crippen LogP contribution is 2.25. The minimum atomic E-state index is -1.73. The van der Waals surface area contributed by atoms with E-state index in [1.165, 1.54) is 6.92 Å². The minimum absolute atomic E-state index is 0. The minimum Gasteiger partial charge on any atom is -0.412 e. The molecule has 14 heavy (non-hydrogen) atoms. The topological polar surface area (TPSA) is 148 Å². The summed E-state index contributed by atoms with van der Waals surface area (Å²) in [5, 5.41) is 36.9. The van der Waals surface area contributed by atoms with Crippen LogP contribution < -0.4 is 5.73 Å². The van der Waals surface area contributed by atoms with Crippen molar-refractivity contribution in [2.75, 3.05) is 6.61 Å². The van der Waals surface area contributed by atoms with Gasteiger partial charge < -0.3 is 36.4 Å². The van der Waals surface area contributed by atoms with Crippen molar-refractivity contribution in [2.45, 2.75) is 37.1 Å². The molecule has 7 nitrogen and oxygen atoms in total. The van der Waals surface area contributed by atoms with Crippen LogP contribution in [0.1, 0.15) is 6.92 Å². The molecule has 0 aromatic carbocycles. The van der Waals surface area contributed by atoms with Gasteiger partial charge in [-0.15, -0.1) is 0 Å². The molecule has 5 atom stereocenters. The van der Waals surface area contributed by atoms with Gasteiger partial charge in [0.1, 0.15) is 18.3 Å². The molecule has 0 bridgehead atoms. The van der Waals surface area contributed by atoms with Gasteiger partial charge in [0.25, 0.3) is 0 Å². The van der Waals surface area contributed by atoms with Crippen molar-refractivity contribution in [3.8, 4) is 0 Å². The number of rotatable bonds is 1. The molecule has 0 aliphatic carbocycles. The van der Waals surface area contributed by atoms with Gasteiger partial charge in [-0.3, -0.25) is 0 Å². The van der Waals surface area contributed by atoms with Gasteiger partial charge >= 0.3 is 0 Å². The number of aliphatic hydroxyl groups is 4. The first-order chi connectivity index (χ1) is 5.90. The Hall–Kier alpha value is -0.280. The van der Waals surface area contributed by atoms with E-state index in [1.54, 1.807) is 0 Å². The number of hydrogen-bond acceptors (Lipinski definition) is 6. The van der Waals surface area contributed by atoms with Crippen LogP contribution in [0.5, 0.6) is 0 Å². The molecule has 0 radical (unpaired) electrons. The zero-order valence-electron chi connectivity index (χ0n) is 7.79. The highest BCUT2D eigenvalue weighted by molar-refractivity contribution is 4.96. The van der Waals surface area contributed by atoms with Crippen LogP contribution in [0.3, 0.4) is 0 Å². The lowest BCUT2D eigenvalue weighted by molar-refractivity contribution is -0.305. The van der Waals surface area contributed by atoms with E-state index in [0.29, 0.717) is 0 Å². The maximum absolute atomic E-state index is 9.50. The van der Waals surface area contributed by atoms with Crippen molar-refractivity contribution in [3.05, 3.63) is 0 Å². The first-order valence-corrected chi connectivity index (χ1v) is 4.03. The van der Waals surface area contributed by atoms with Crippen molar-refractivity contribution in [1.82, 2.24) is 0 Å². The van der Waals surface area contributed by atoms with E-state index < -0.39 is 36.7 Å². The number of hydrogen-bond donors (Lipinski definition) is 5. The first kappa shape index (κ1) is 13.7. The number of nitrogens with two attached hydrogens (primary N) is 1. The Morgan fingerprint density at radius 3 is 2.29 bits per heavy atom. The van der Waals surface area contributed by atoms with E-state index in [2.05, 4.69) is 0 Å². The first-order valence-electron chi connectivity index (χ1n) is 4.03. The number of ether oxygens (including phenoxy) is 1. The SMILES string of the molecule is C[C@]1(O)O[C@H](CO)[C@@H](O)[C@H](O)[C@H]1N.O. The molecule has 1 saturated heterocycles. The van der Waals surface area contributed by atoms with E-state index in [-0.39, 0.29) is 5.48 Å². The second-order valence-electron chi connectivity index (χ2n) is 3.40. The van der Waals surface area contributed by atoms with Crippen LogP contribution in [-0.4, -0.2) is 62.7 Å². The molecule has 0 amide bonds. The Balaban J connectivity index is 0.00000169. The average molecular weight is 211 g/mol. The smallest absolute Gasteiger partial charge is 0.181 e. The van der Waals surface area contributed by atoms with Gasteiger partial charge in [-0.25, -0.2) is 0 Å². The van der Waals surface area contributed by atoms with Gasteiger partial charge in [0.05, 0.1) is 12.6 Å². The maximum atomic E-state index is 9.50. The zero-order chi connectivity index (χ0) is 10.2. The zero-order valence-corrected chi connectivity index (χ0v) is 7.79. The molecule has 86 valence electrons. The molecule has 0 aromatic rings. The van der Waals surface area contributed by atoms with E-state index in [4.69, 9.17) is 15.6 Å². The predicted octanol–water partition coefficient (Wildman–Crippen LogP) is -3.69. The normalized spacial score (nSPS) is 48.4. The number of aliphatic hydroxyl groups excluding tert-OH is 3. The van der Waals surface area contributed by atoms with Crippen LogP contribution in [0.2, 0.25) is 0 Å². The highest BCUT2D eigenvalue weighted by atomic mass is 16.6. The standard InChI is InChI=1S/C7H15NO5.H2O/c1-7(12)6(8)5(11)4(10)3(2-9)13-7;/h3-6,9-12H,2,8H2,1H3;1H2/t3-,4-,5+,6-,7+;/m1./s1. The summed E-state index contributed by atoms with van der Waals surface area (Å²) in [7, 11) is 0. The van der Waals surface area contributed by atoms with Crippen molar-refractivity contribution in [1.29, 1.82) is 0 Å². The van der Waals surface area contributed by atoms with Crippen LogP contribution in [-0.2, 0) is 4.74 Å². The summed E-state index contributed by atoms with van der Waals surface area (Å²) in [4.78, 5) is 0. The second-order valence-corrected chi connectivity index (χ2v) is 3.40. The summed E-state index contributed by atoms with van der Waals surface area (Å²) in [6.45, 7) is 0.788. The molecule has 1 aliphatic heterocycles. The predicted molar refractivity (Wildman–Crippen MR) is 46.2 cm³/mol. The van der Waals surface area contributed by atoms with E-state index in [9.17, 15) is 15.3 Å². The van der Waals surface area contributed by atoms with Crippen LogP contribution >= 0.6 is 0 Å². The third kappa shape index (κ3) is 2.20. The lowest BCUT2D eigenvalue weighted by Crippen LogP contribution is -2.67. The molecular formula is C7H17NO6. The Kier molecular flexibility index (Phi) is 4.40. The van der Waals surface area contributed by atoms with Gasteiger partial charge in [-0.05, 0) is 6.92 Å². The Labute approximate surface area is 81.0 Å². The van der Waals surface area contributed by atoms with Gasteiger partial charge in [0.2, 0.25) is 0 Å². The summed E-state index contributed by atoms with van der Waals surface area (Å²) >= 11 is 0. The fourth-order valence-corrected chi connectivity index (χ4v) is 1.35. The molecule has 7 heteroatoms. The lowest BCUT2D eigenvalue weighted by Gasteiger charge is -2.44. The van der Waals surface area contributed by atoms with Crippen molar-refractivity contribution < 1.29 is 30.6 Å². The maximum Gasteiger partial charge on any atom is 0.181 e. The average Bonchev–Trinajstić information content (AvgIpc) is 2.08. The van der Waals surface area contributed by atoms with Crippen molar-refractivity contribution in [3.63, 3.8) is 0 Å². The molecule has 0 unspecified atom stereocenters. The second kappa shape index (κ2) is 4.49. The van der Waals surface area contributed by atoms with Gasteiger partial charge in [-0.2, -0.15) is 0 Å². The van der Waals surface area contributed by atoms with E-state index >= 15 is 0 Å².